The van der Waals surface area contributed by atoms with Gasteiger partial charge in [0, 0.05) is 12.1 Å². The second-order valence-corrected chi connectivity index (χ2v) is 5.53. The van der Waals surface area contributed by atoms with Gasteiger partial charge in [-0.05, 0) is 26.0 Å². The fourth-order valence-electron chi connectivity index (χ4n) is 2.41. The summed E-state index contributed by atoms with van der Waals surface area (Å²) in [6, 6.07) is 5.42. The van der Waals surface area contributed by atoms with Gasteiger partial charge in [-0.3, -0.25) is 9.78 Å². The first-order valence-corrected chi connectivity index (χ1v) is 7.50. The van der Waals surface area contributed by atoms with Crippen LogP contribution in [0.1, 0.15) is 19.9 Å². The molecule has 0 saturated carbocycles. The highest BCUT2D eigenvalue weighted by atomic mass is 16.5. The second-order valence-electron chi connectivity index (χ2n) is 5.53. The Morgan fingerprint density at radius 1 is 1.25 bits per heavy atom. The van der Waals surface area contributed by atoms with Gasteiger partial charge in [-0.15, -0.1) is 0 Å². The molecule has 0 radical (unpaired) electrons. The van der Waals surface area contributed by atoms with Crippen molar-refractivity contribution in [2.75, 3.05) is 19.5 Å². The van der Waals surface area contributed by atoms with Gasteiger partial charge in [0.1, 0.15) is 16.9 Å². The van der Waals surface area contributed by atoms with Crippen LogP contribution in [-0.4, -0.2) is 34.0 Å². The van der Waals surface area contributed by atoms with E-state index < -0.39 is 0 Å². The van der Waals surface area contributed by atoms with Crippen LogP contribution in [-0.2, 0) is 0 Å². The number of hydrogen-bond donors (Lipinski definition) is 2. The van der Waals surface area contributed by atoms with Crippen molar-refractivity contribution in [1.29, 1.82) is 0 Å². The lowest BCUT2D eigenvalue weighted by Gasteiger charge is -2.12. The van der Waals surface area contributed by atoms with Crippen molar-refractivity contribution < 1.29 is 9.47 Å². The average molecular weight is 329 g/mol. The van der Waals surface area contributed by atoms with Crippen LogP contribution in [0.15, 0.2) is 29.2 Å². The van der Waals surface area contributed by atoms with Gasteiger partial charge in [-0.2, -0.15) is 10.1 Å². The van der Waals surface area contributed by atoms with E-state index in [1.165, 1.54) is 6.20 Å². The van der Waals surface area contributed by atoms with Gasteiger partial charge >= 0.3 is 0 Å². The Balaban J connectivity index is 2.07. The molecule has 24 heavy (non-hydrogen) atoms. The summed E-state index contributed by atoms with van der Waals surface area (Å²) in [5.41, 5.74) is 0.907. The summed E-state index contributed by atoms with van der Waals surface area (Å²) in [7, 11) is 3.15. The maximum atomic E-state index is 12.3. The van der Waals surface area contributed by atoms with E-state index >= 15 is 0 Å². The first-order valence-electron chi connectivity index (χ1n) is 7.50. The van der Waals surface area contributed by atoms with Crippen LogP contribution in [0, 0.1) is 0 Å². The minimum atomic E-state index is -0.253. The highest BCUT2D eigenvalue weighted by Crippen LogP contribution is 2.30. The van der Waals surface area contributed by atoms with Gasteiger partial charge in [0.25, 0.3) is 5.56 Å². The molecule has 3 rings (SSSR count). The van der Waals surface area contributed by atoms with Crippen molar-refractivity contribution in [3.63, 3.8) is 0 Å². The summed E-state index contributed by atoms with van der Waals surface area (Å²) in [6.07, 6.45) is 1.52. The van der Waals surface area contributed by atoms with E-state index in [9.17, 15) is 4.79 Å². The third-order valence-electron chi connectivity index (χ3n) is 3.61. The number of nitrogens with one attached hydrogen (secondary N) is 2. The van der Waals surface area contributed by atoms with Crippen molar-refractivity contribution in [1.82, 2.24) is 19.7 Å². The Labute approximate surface area is 138 Å². The molecule has 0 aliphatic rings. The molecule has 8 heteroatoms. The summed E-state index contributed by atoms with van der Waals surface area (Å²) >= 11 is 0. The lowest BCUT2D eigenvalue weighted by Crippen LogP contribution is -2.13. The van der Waals surface area contributed by atoms with Crippen molar-refractivity contribution in [3.05, 3.63) is 34.7 Å². The monoisotopic (exact) mass is 329 g/mol. The zero-order valence-electron chi connectivity index (χ0n) is 14.0. The van der Waals surface area contributed by atoms with Crippen molar-refractivity contribution in [2.24, 2.45) is 0 Å². The number of benzene rings is 1. The van der Waals surface area contributed by atoms with Crippen molar-refractivity contribution in [2.45, 2.75) is 19.9 Å². The number of ether oxygens (including phenoxy) is 2. The summed E-state index contributed by atoms with van der Waals surface area (Å²) in [5.74, 6) is 1.58. The van der Waals surface area contributed by atoms with E-state index in [4.69, 9.17) is 9.47 Å². The van der Waals surface area contributed by atoms with Gasteiger partial charge in [-0.25, -0.2) is 4.68 Å². The highest BCUT2D eigenvalue weighted by molar-refractivity contribution is 5.75. The van der Waals surface area contributed by atoms with E-state index in [1.807, 2.05) is 13.8 Å². The maximum Gasteiger partial charge on any atom is 0.263 e. The predicted octanol–water partition coefficient (Wildman–Crippen LogP) is 2.46. The van der Waals surface area contributed by atoms with Crippen molar-refractivity contribution in [3.8, 4) is 11.5 Å². The average Bonchev–Trinajstić information content (AvgIpc) is 2.99. The maximum absolute atomic E-state index is 12.3. The molecule has 126 valence electrons. The number of anilines is 2. The van der Waals surface area contributed by atoms with Crippen LogP contribution in [0.25, 0.3) is 11.0 Å². The Morgan fingerprint density at radius 3 is 2.71 bits per heavy atom. The number of hydrogen-bond acceptors (Lipinski definition) is 6. The zero-order valence-corrected chi connectivity index (χ0v) is 14.0. The third-order valence-corrected chi connectivity index (χ3v) is 3.61. The third kappa shape index (κ3) is 2.78. The zero-order chi connectivity index (χ0) is 17.3. The molecule has 8 nitrogen and oxygen atoms in total. The van der Waals surface area contributed by atoms with Crippen LogP contribution in [0.3, 0.4) is 0 Å². The number of aromatic nitrogens is 4. The Hall–Kier alpha value is -3.03. The van der Waals surface area contributed by atoms with Crippen LogP contribution in [0.5, 0.6) is 11.5 Å². The van der Waals surface area contributed by atoms with Gasteiger partial charge in [-0.1, -0.05) is 0 Å². The van der Waals surface area contributed by atoms with Gasteiger partial charge in [0.2, 0.25) is 5.95 Å². The summed E-state index contributed by atoms with van der Waals surface area (Å²) in [6.45, 7) is 3.96. The highest BCUT2D eigenvalue weighted by Gasteiger charge is 2.13. The first-order chi connectivity index (χ1) is 11.5. The Kier molecular flexibility index (Phi) is 4.11. The number of nitrogens with zero attached hydrogens (tertiary/aromatic N) is 3. The van der Waals surface area contributed by atoms with Crippen LogP contribution < -0.4 is 20.3 Å². The van der Waals surface area contributed by atoms with E-state index in [0.717, 1.165) is 0 Å². The van der Waals surface area contributed by atoms with Crippen LogP contribution in [0.2, 0.25) is 0 Å². The molecule has 3 aromatic rings. The minimum Gasteiger partial charge on any atom is -0.497 e. The molecule has 0 fully saturated rings. The standard InChI is InChI=1S/C16H19N5O3/c1-9(2)21-14-11(8-17-21)15(22)20-16(19-14)18-12-7-10(23-3)5-6-13(12)24-4/h5-9H,1-4H3,(H2,18,19,20,22). The number of aromatic amines is 1. The number of fused-ring (bicyclic) bond motifs is 1. The second kappa shape index (κ2) is 6.23. The number of methoxy groups -OCH3 is 2. The molecule has 0 spiro atoms. The molecular formula is C16H19N5O3. The molecular weight excluding hydrogens is 310 g/mol. The minimum absolute atomic E-state index is 0.0935. The van der Waals surface area contributed by atoms with E-state index in [2.05, 4.69) is 20.4 Å². The first kappa shape index (κ1) is 15.9. The molecule has 2 aromatic heterocycles. The SMILES string of the molecule is COc1ccc(OC)c(Nc2nc3c(cnn3C(C)C)c(=O)[nH]2)c1. The molecule has 0 aliphatic carbocycles. The molecule has 0 amide bonds. The Morgan fingerprint density at radius 2 is 2.04 bits per heavy atom. The Bertz CT molecular complexity index is 929. The largest absolute Gasteiger partial charge is 0.497 e. The van der Waals surface area contributed by atoms with Gasteiger partial charge in [0.15, 0.2) is 5.65 Å². The van der Waals surface area contributed by atoms with Crippen LogP contribution in [0.4, 0.5) is 11.6 Å². The fourth-order valence-corrected chi connectivity index (χ4v) is 2.41. The molecule has 0 aliphatic heterocycles. The van der Waals surface area contributed by atoms with Gasteiger partial charge in [0.05, 0.1) is 26.1 Å². The van der Waals surface area contributed by atoms with Crippen LogP contribution >= 0.6 is 0 Å². The fraction of sp³-hybridized carbons (Fsp3) is 0.312. The van der Waals surface area contributed by atoms with E-state index in [1.54, 1.807) is 37.1 Å². The summed E-state index contributed by atoms with van der Waals surface area (Å²) < 4.78 is 12.3. The molecule has 2 N–H and O–H groups in total. The number of rotatable bonds is 5. The normalized spacial score (nSPS) is 11.0. The topological polar surface area (TPSA) is 94.1 Å². The van der Waals surface area contributed by atoms with E-state index in [-0.39, 0.29) is 11.6 Å². The molecule has 0 bridgehead atoms. The predicted molar refractivity (Wildman–Crippen MR) is 91.4 cm³/mol. The lowest BCUT2D eigenvalue weighted by molar-refractivity contribution is 0.405. The van der Waals surface area contributed by atoms with Gasteiger partial charge < -0.3 is 14.8 Å². The number of H-pyrrole nitrogens is 1. The smallest absolute Gasteiger partial charge is 0.263 e. The molecule has 2 heterocycles. The molecule has 1 aromatic carbocycles. The molecule has 0 unspecified atom stereocenters. The summed E-state index contributed by atoms with van der Waals surface area (Å²) in [4.78, 5) is 19.5. The molecule has 0 saturated heterocycles. The lowest BCUT2D eigenvalue weighted by atomic mass is 10.2. The summed E-state index contributed by atoms with van der Waals surface area (Å²) in [5, 5.41) is 7.75. The quantitative estimate of drug-likeness (QED) is 0.747. The van der Waals surface area contributed by atoms with E-state index in [0.29, 0.717) is 34.2 Å². The van der Waals surface area contributed by atoms with Crippen molar-refractivity contribution >= 4 is 22.7 Å². The molecule has 0 atom stereocenters.